The van der Waals surface area contributed by atoms with Crippen molar-refractivity contribution in [3.63, 3.8) is 0 Å². The SMILES string of the molecule is CNC(C)CN1CCSCC1C. The van der Waals surface area contributed by atoms with E-state index in [1.165, 1.54) is 24.6 Å². The number of rotatable bonds is 3. The topological polar surface area (TPSA) is 15.3 Å². The van der Waals surface area contributed by atoms with Crippen LogP contribution in [0.4, 0.5) is 0 Å². The zero-order valence-electron chi connectivity index (χ0n) is 8.34. The van der Waals surface area contributed by atoms with Crippen molar-refractivity contribution >= 4 is 11.8 Å². The van der Waals surface area contributed by atoms with Gasteiger partial charge < -0.3 is 5.32 Å². The summed E-state index contributed by atoms with van der Waals surface area (Å²) in [7, 11) is 2.04. The van der Waals surface area contributed by atoms with Crippen LogP contribution in [0, 0.1) is 0 Å². The van der Waals surface area contributed by atoms with E-state index in [4.69, 9.17) is 0 Å². The summed E-state index contributed by atoms with van der Waals surface area (Å²) in [5, 5.41) is 3.28. The molecule has 2 unspecified atom stereocenters. The second-order valence-electron chi connectivity index (χ2n) is 3.61. The fourth-order valence-corrected chi connectivity index (χ4v) is 2.56. The zero-order chi connectivity index (χ0) is 8.97. The van der Waals surface area contributed by atoms with Crippen molar-refractivity contribution < 1.29 is 0 Å². The molecule has 72 valence electrons. The maximum Gasteiger partial charge on any atom is 0.0163 e. The average Bonchev–Trinajstić information content (AvgIpc) is 2.09. The van der Waals surface area contributed by atoms with Gasteiger partial charge in [-0.3, -0.25) is 4.90 Å². The summed E-state index contributed by atoms with van der Waals surface area (Å²) in [5.41, 5.74) is 0. The molecule has 0 radical (unpaired) electrons. The summed E-state index contributed by atoms with van der Waals surface area (Å²) >= 11 is 2.08. The van der Waals surface area contributed by atoms with Gasteiger partial charge in [-0.15, -0.1) is 0 Å². The number of thioether (sulfide) groups is 1. The van der Waals surface area contributed by atoms with Crippen LogP contribution in [0.25, 0.3) is 0 Å². The van der Waals surface area contributed by atoms with Crippen LogP contribution in [0.2, 0.25) is 0 Å². The predicted molar refractivity (Wildman–Crippen MR) is 56.9 cm³/mol. The Kier molecular flexibility index (Phi) is 4.40. The molecule has 0 bridgehead atoms. The summed E-state index contributed by atoms with van der Waals surface area (Å²) in [6, 6.07) is 1.38. The lowest BCUT2D eigenvalue weighted by molar-refractivity contribution is 0.214. The molecule has 1 N–H and O–H groups in total. The Morgan fingerprint density at radius 2 is 2.42 bits per heavy atom. The molecule has 0 amide bonds. The average molecular weight is 188 g/mol. The molecule has 2 nitrogen and oxygen atoms in total. The first kappa shape index (κ1) is 10.4. The monoisotopic (exact) mass is 188 g/mol. The first-order valence-electron chi connectivity index (χ1n) is 4.73. The van der Waals surface area contributed by atoms with Crippen LogP contribution in [0.3, 0.4) is 0 Å². The van der Waals surface area contributed by atoms with Gasteiger partial charge in [0.1, 0.15) is 0 Å². The minimum absolute atomic E-state index is 0.621. The van der Waals surface area contributed by atoms with E-state index in [1.54, 1.807) is 0 Å². The molecular formula is C9H20N2S. The highest BCUT2D eigenvalue weighted by molar-refractivity contribution is 7.99. The smallest absolute Gasteiger partial charge is 0.0163 e. The third-order valence-corrected chi connectivity index (χ3v) is 3.70. The third-order valence-electron chi connectivity index (χ3n) is 2.51. The van der Waals surface area contributed by atoms with Gasteiger partial charge in [0.15, 0.2) is 0 Å². The second-order valence-corrected chi connectivity index (χ2v) is 4.76. The van der Waals surface area contributed by atoms with E-state index in [9.17, 15) is 0 Å². The summed E-state index contributed by atoms with van der Waals surface area (Å²) < 4.78 is 0. The molecule has 1 heterocycles. The van der Waals surface area contributed by atoms with Crippen LogP contribution < -0.4 is 5.32 Å². The molecule has 1 fully saturated rings. The molecule has 12 heavy (non-hydrogen) atoms. The lowest BCUT2D eigenvalue weighted by atomic mass is 10.2. The molecule has 2 atom stereocenters. The summed E-state index contributed by atoms with van der Waals surface area (Å²) in [6.07, 6.45) is 0. The van der Waals surface area contributed by atoms with Gasteiger partial charge in [0, 0.05) is 36.7 Å². The highest BCUT2D eigenvalue weighted by Crippen LogP contribution is 2.15. The van der Waals surface area contributed by atoms with Crippen LogP contribution in [0.15, 0.2) is 0 Å². The minimum atomic E-state index is 0.621. The molecule has 0 aromatic carbocycles. The van der Waals surface area contributed by atoms with Crippen molar-refractivity contribution in [2.24, 2.45) is 0 Å². The standard InChI is InChI=1S/C9H20N2S/c1-8(10-3)6-11-4-5-12-7-9(11)2/h8-10H,4-7H2,1-3H3. The van der Waals surface area contributed by atoms with Gasteiger partial charge in [-0.25, -0.2) is 0 Å². The Morgan fingerprint density at radius 1 is 1.67 bits per heavy atom. The van der Waals surface area contributed by atoms with Crippen molar-refractivity contribution in [1.82, 2.24) is 10.2 Å². The highest BCUT2D eigenvalue weighted by Gasteiger charge is 2.19. The number of hydrogen-bond donors (Lipinski definition) is 1. The van der Waals surface area contributed by atoms with Crippen molar-refractivity contribution in [3.05, 3.63) is 0 Å². The van der Waals surface area contributed by atoms with Gasteiger partial charge in [-0.2, -0.15) is 11.8 Å². The number of nitrogens with zero attached hydrogens (tertiary/aromatic N) is 1. The fourth-order valence-electron chi connectivity index (χ4n) is 1.48. The van der Waals surface area contributed by atoms with E-state index in [-0.39, 0.29) is 0 Å². The second kappa shape index (κ2) is 5.10. The van der Waals surface area contributed by atoms with Gasteiger partial charge in [0.25, 0.3) is 0 Å². The fraction of sp³-hybridized carbons (Fsp3) is 1.00. The van der Waals surface area contributed by atoms with Gasteiger partial charge in [-0.1, -0.05) is 0 Å². The lowest BCUT2D eigenvalue weighted by Gasteiger charge is -2.34. The van der Waals surface area contributed by atoms with Crippen LogP contribution in [-0.2, 0) is 0 Å². The van der Waals surface area contributed by atoms with E-state index < -0.39 is 0 Å². The first-order chi connectivity index (χ1) is 5.74. The first-order valence-corrected chi connectivity index (χ1v) is 5.88. The Morgan fingerprint density at radius 3 is 3.00 bits per heavy atom. The molecule has 0 aromatic heterocycles. The maximum atomic E-state index is 3.28. The molecule has 1 rings (SSSR count). The van der Waals surface area contributed by atoms with Crippen LogP contribution in [-0.4, -0.2) is 48.6 Å². The van der Waals surface area contributed by atoms with Crippen molar-refractivity contribution in [3.8, 4) is 0 Å². The summed E-state index contributed by atoms with van der Waals surface area (Å²) in [4.78, 5) is 2.58. The molecular weight excluding hydrogens is 168 g/mol. The minimum Gasteiger partial charge on any atom is -0.316 e. The summed E-state index contributed by atoms with van der Waals surface area (Å²) in [5.74, 6) is 2.61. The molecule has 1 aliphatic rings. The van der Waals surface area contributed by atoms with E-state index in [0.717, 1.165) is 6.04 Å². The number of likely N-dealkylation sites (N-methyl/N-ethyl adjacent to an activating group) is 1. The molecule has 0 aromatic rings. The van der Waals surface area contributed by atoms with Gasteiger partial charge >= 0.3 is 0 Å². The zero-order valence-corrected chi connectivity index (χ0v) is 9.16. The quantitative estimate of drug-likeness (QED) is 0.712. The van der Waals surface area contributed by atoms with Crippen molar-refractivity contribution in [2.45, 2.75) is 25.9 Å². The largest absolute Gasteiger partial charge is 0.316 e. The van der Waals surface area contributed by atoms with Gasteiger partial charge in [0.05, 0.1) is 0 Å². The van der Waals surface area contributed by atoms with Crippen molar-refractivity contribution in [2.75, 3.05) is 31.6 Å². The van der Waals surface area contributed by atoms with E-state index in [1.807, 2.05) is 7.05 Å². The molecule has 0 saturated carbocycles. The van der Waals surface area contributed by atoms with Crippen molar-refractivity contribution in [1.29, 1.82) is 0 Å². The highest BCUT2D eigenvalue weighted by atomic mass is 32.2. The number of nitrogens with one attached hydrogen (secondary N) is 1. The number of hydrogen-bond acceptors (Lipinski definition) is 3. The van der Waals surface area contributed by atoms with Crippen LogP contribution in [0.5, 0.6) is 0 Å². The molecule has 1 saturated heterocycles. The lowest BCUT2D eigenvalue weighted by Crippen LogP contribution is -2.46. The van der Waals surface area contributed by atoms with E-state index >= 15 is 0 Å². The van der Waals surface area contributed by atoms with Crippen LogP contribution in [0.1, 0.15) is 13.8 Å². The molecule has 0 aliphatic carbocycles. The van der Waals surface area contributed by atoms with E-state index in [2.05, 4.69) is 35.8 Å². The maximum absolute atomic E-state index is 3.28. The molecule has 1 aliphatic heterocycles. The Balaban J connectivity index is 2.28. The Labute approximate surface area is 80.1 Å². The van der Waals surface area contributed by atoms with Crippen LogP contribution >= 0.6 is 11.8 Å². The van der Waals surface area contributed by atoms with Gasteiger partial charge in [0.2, 0.25) is 0 Å². The van der Waals surface area contributed by atoms with Gasteiger partial charge in [-0.05, 0) is 20.9 Å². The predicted octanol–water partition coefficient (Wildman–Crippen LogP) is 1.03. The Bertz CT molecular complexity index is 130. The normalized spacial score (nSPS) is 28.8. The third kappa shape index (κ3) is 2.96. The molecule has 3 heteroatoms. The Hall–Kier alpha value is 0.270. The molecule has 0 spiro atoms. The van der Waals surface area contributed by atoms with E-state index in [0.29, 0.717) is 6.04 Å². The summed E-state index contributed by atoms with van der Waals surface area (Å²) in [6.45, 7) is 7.03.